The second-order valence-corrected chi connectivity index (χ2v) is 11.3. The van der Waals surface area contributed by atoms with Gasteiger partial charge in [0.05, 0.1) is 7.11 Å². The van der Waals surface area contributed by atoms with Gasteiger partial charge in [-0.3, -0.25) is 9.59 Å². The van der Waals surface area contributed by atoms with Crippen LogP contribution in [0.5, 0.6) is 11.5 Å². The molecule has 0 spiro atoms. The Balaban J connectivity index is 2.05. The fraction of sp³-hybridized carbons (Fsp3) is 0.382. The molecule has 0 fully saturated rings. The lowest BCUT2D eigenvalue weighted by Gasteiger charge is -2.34. The summed E-state index contributed by atoms with van der Waals surface area (Å²) < 4.78 is 10.7. The number of benzene rings is 3. The molecule has 9 heteroatoms. The third kappa shape index (κ3) is 10.4. The monoisotopic (exact) mass is 589 g/mol. The van der Waals surface area contributed by atoms with E-state index in [1.165, 1.54) is 17.0 Å². The first-order chi connectivity index (χ1) is 20.5. The zero-order valence-electron chi connectivity index (χ0n) is 25.6. The molecule has 3 N–H and O–H groups in total. The summed E-state index contributed by atoms with van der Waals surface area (Å²) >= 11 is 0. The number of hydrogen-bond donors (Lipinski definition) is 3. The number of anilines is 1. The van der Waals surface area contributed by atoms with E-state index < -0.39 is 35.6 Å². The van der Waals surface area contributed by atoms with E-state index in [1.54, 1.807) is 64.3 Å². The Bertz CT molecular complexity index is 1340. The number of carbonyl (C=O) groups is 3. The van der Waals surface area contributed by atoms with E-state index in [2.05, 4.69) is 17.6 Å². The summed E-state index contributed by atoms with van der Waals surface area (Å²) in [7, 11) is 1.56. The molecule has 3 aromatic rings. The van der Waals surface area contributed by atoms with Crippen molar-refractivity contribution in [3.63, 3.8) is 0 Å². The molecule has 230 valence electrons. The van der Waals surface area contributed by atoms with Crippen molar-refractivity contribution < 1.29 is 29.0 Å². The van der Waals surface area contributed by atoms with Crippen LogP contribution in [0.25, 0.3) is 0 Å². The molecule has 3 rings (SSSR count). The van der Waals surface area contributed by atoms with Gasteiger partial charge in [0.2, 0.25) is 5.91 Å². The largest absolute Gasteiger partial charge is 0.508 e. The lowest BCUT2D eigenvalue weighted by Crippen LogP contribution is -2.53. The number of unbranched alkanes of at least 4 members (excludes halogenated alkanes) is 2. The van der Waals surface area contributed by atoms with E-state index in [-0.39, 0.29) is 18.7 Å². The van der Waals surface area contributed by atoms with Crippen LogP contribution in [0.4, 0.5) is 10.5 Å². The van der Waals surface area contributed by atoms with Crippen molar-refractivity contribution in [1.82, 2.24) is 10.2 Å². The molecule has 0 saturated carbocycles. The highest BCUT2D eigenvalue weighted by Crippen LogP contribution is 2.28. The van der Waals surface area contributed by atoms with E-state index in [1.807, 2.05) is 30.3 Å². The van der Waals surface area contributed by atoms with Crippen LogP contribution in [0.3, 0.4) is 0 Å². The summed E-state index contributed by atoms with van der Waals surface area (Å²) in [5, 5.41) is 16.0. The minimum absolute atomic E-state index is 0.0339. The number of hydrogen-bond acceptors (Lipinski definition) is 6. The lowest BCUT2D eigenvalue weighted by molar-refractivity contribution is -0.140. The van der Waals surface area contributed by atoms with Crippen molar-refractivity contribution in [1.29, 1.82) is 0 Å². The topological polar surface area (TPSA) is 117 Å². The second kappa shape index (κ2) is 15.6. The minimum atomic E-state index is -1.10. The zero-order chi connectivity index (χ0) is 31.4. The number of nitrogens with zero attached hydrogens (tertiary/aromatic N) is 1. The Hall–Kier alpha value is -4.53. The van der Waals surface area contributed by atoms with Gasteiger partial charge in [0.1, 0.15) is 29.2 Å². The van der Waals surface area contributed by atoms with Crippen molar-refractivity contribution in [2.24, 2.45) is 0 Å². The Morgan fingerprint density at radius 2 is 1.63 bits per heavy atom. The minimum Gasteiger partial charge on any atom is -0.508 e. The van der Waals surface area contributed by atoms with Gasteiger partial charge in [-0.25, -0.2) is 4.79 Å². The maximum absolute atomic E-state index is 14.5. The van der Waals surface area contributed by atoms with E-state index in [0.717, 1.165) is 18.4 Å². The quantitative estimate of drug-likeness (QED) is 0.203. The molecule has 0 bridgehead atoms. The molecule has 0 aliphatic heterocycles. The number of rotatable bonds is 13. The number of methoxy groups -OCH3 is 1. The number of carbonyl (C=O) groups excluding carboxylic acids is 3. The Kier molecular flexibility index (Phi) is 12.0. The van der Waals surface area contributed by atoms with Gasteiger partial charge in [-0.1, -0.05) is 62.2 Å². The average molecular weight is 590 g/mol. The molecule has 0 aliphatic rings. The van der Waals surface area contributed by atoms with Gasteiger partial charge in [0.25, 0.3) is 5.91 Å². The first-order valence-electron chi connectivity index (χ1n) is 14.6. The van der Waals surface area contributed by atoms with Crippen molar-refractivity contribution in [3.05, 3.63) is 90.0 Å². The van der Waals surface area contributed by atoms with Crippen molar-refractivity contribution >= 4 is 23.6 Å². The third-order valence-corrected chi connectivity index (χ3v) is 6.66. The maximum Gasteiger partial charge on any atom is 0.408 e. The number of nitrogens with one attached hydrogen (secondary N) is 2. The van der Waals surface area contributed by atoms with E-state index >= 15 is 0 Å². The van der Waals surface area contributed by atoms with Crippen molar-refractivity contribution in [2.45, 2.75) is 71.1 Å². The lowest BCUT2D eigenvalue weighted by atomic mass is 9.99. The second-order valence-electron chi connectivity index (χ2n) is 11.3. The molecule has 9 nitrogen and oxygen atoms in total. The number of ether oxygens (including phenoxy) is 2. The van der Waals surface area contributed by atoms with Crippen molar-refractivity contribution in [2.75, 3.05) is 19.0 Å². The van der Waals surface area contributed by atoms with E-state index in [0.29, 0.717) is 23.4 Å². The van der Waals surface area contributed by atoms with Crippen molar-refractivity contribution in [3.8, 4) is 11.5 Å². The molecular formula is C34H43N3O6. The number of phenols is 1. The van der Waals surface area contributed by atoms with Gasteiger partial charge in [-0.2, -0.15) is 0 Å². The summed E-state index contributed by atoms with van der Waals surface area (Å²) in [6.07, 6.45) is 1.83. The molecule has 0 aromatic heterocycles. The molecule has 0 heterocycles. The molecule has 2 unspecified atom stereocenters. The van der Waals surface area contributed by atoms with Crippen LogP contribution in [-0.4, -0.2) is 53.2 Å². The predicted molar refractivity (Wildman–Crippen MR) is 167 cm³/mol. The van der Waals surface area contributed by atoms with Gasteiger partial charge in [-0.05, 0) is 74.7 Å². The summed E-state index contributed by atoms with van der Waals surface area (Å²) in [6.45, 7) is 7.55. The van der Waals surface area contributed by atoms with Crippen LogP contribution in [0.1, 0.15) is 64.1 Å². The maximum atomic E-state index is 14.5. The molecular weight excluding hydrogens is 546 g/mol. The SMILES string of the molecule is CCCCCN(C(=O)C(Cc1ccccc1)NC(=O)OC(C)(C)C)C(C(=O)Nc1ccc(OC)cc1)c1cccc(O)c1. The summed E-state index contributed by atoms with van der Waals surface area (Å²) in [4.78, 5) is 42.9. The average Bonchev–Trinajstić information content (AvgIpc) is 2.96. The summed E-state index contributed by atoms with van der Waals surface area (Å²) in [5.74, 6) is -0.301. The first kappa shape index (κ1) is 33.0. The first-order valence-corrected chi connectivity index (χ1v) is 14.6. The van der Waals surface area contributed by atoms with Gasteiger partial charge in [-0.15, -0.1) is 0 Å². The van der Waals surface area contributed by atoms with E-state index in [4.69, 9.17) is 9.47 Å². The van der Waals surface area contributed by atoms with Gasteiger partial charge in [0, 0.05) is 18.7 Å². The van der Waals surface area contributed by atoms with Crippen LogP contribution >= 0.6 is 0 Å². The van der Waals surface area contributed by atoms with Crippen LogP contribution in [0.2, 0.25) is 0 Å². The Labute approximate surface area is 254 Å². The number of alkyl carbamates (subject to hydrolysis) is 1. The van der Waals surface area contributed by atoms with Gasteiger partial charge >= 0.3 is 6.09 Å². The highest BCUT2D eigenvalue weighted by atomic mass is 16.6. The highest BCUT2D eigenvalue weighted by molar-refractivity contribution is 5.99. The molecule has 43 heavy (non-hydrogen) atoms. The Morgan fingerprint density at radius 1 is 0.930 bits per heavy atom. The molecule has 0 saturated heterocycles. The fourth-order valence-corrected chi connectivity index (χ4v) is 4.65. The highest BCUT2D eigenvalue weighted by Gasteiger charge is 2.36. The Morgan fingerprint density at radius 3 is 2.23 bits per heavy atom. The number of amides is 3. The normalized spacial score (nSPS) is 12.5. The third-order valence-electron chi connectivity index (χ3n) is 6.66. The number of phenolic OH excluding ortho intramolecular Hbond substituents is 1. The standard InChI is InChI=1S/C34H43N3O6/c1-6-7-11-21-37(32(40)29(22-24-13-9-8-10-14-24)36-33(41)43-34(2,3)4)30(25-15-12-16-27(38)23-25)31(39)35-26-17-19-28(42-5)20-18-26/h8-10,12-20,23,29-30,38H,6-7,11,21-22H2,1-5H3,(H,35,39)(H,36,41). The van der Waals surface area contributed by atoms with Gasteiger partial charge < -0.3 is 30.1 Å². The molecule has 3 amide bonds. The summed E-state index contributed by atoms with van der Waals surface area (Å²) in [6, 6.07) is 20.4. The van der Waals surface area contributed by atoms with Crippen LogP contribution in [0.15, 0.2) is 78.9 Å². The zero-order valence-corrected chi connectivity index (χ0v) is 25.6. The smallest absolute Gasteiger partial charge is 0.408 e. The van der Waals surface area contributed by atoms with Gasteiger partial charge in [0.15, 0.2) is 0 Å². The number of aromatic hydroxyl groups is 1. The van der Waals surface area contributed by atoms with Crippen LogP contribution in [-0.2, 0) is 20.7 Å². The predicted octanol–water partition coefficient (Wildman–Crippen LogP) is 6.24. The summed E-state index contributed by atoms with van der Waals surface area (Å²) in [5.41, 5.74) is 1.02. The molecule has 3 aromatic carbocycles. The molecule has 2 atom stereocenters. The molecule has 0 radical (unpaired) electrons. The van der Waals surface area contributed by atoms with Crippen LogP contribution in [0, 0.1) is 0 Å². The molecule has 0 aliphatic carbocycles. The van der Waals surface area contributed by atoms with E-state index in [9.17, 15) is 19.5 Å². The van der Waals surface area contributed by atoms with Crippen LogP contribution < -0.4 is 15.4 Å². The fourth-order valence-electron chi connectivity index (χ4n) is 4.65.